The van der Waals surface area contributed by atoms with Crippen LogP contribution in [0.15, 0.2) is 29.0 Å². The molecular formula is C16H19N3O4. The lowest BCUT2D eigenvalue weighted by atomic mass is 9.94. The predicted molar refractivity (Wildman–Crippen MR) is 80.8 cm³/mol. The summed E-state index contributed by atoms with van der Waals surface area (Å²) in [6.07, 6.45) is 1.77. The van der Waals surface area contributed by atoms with Gasteiger partial charge in [-0.05, 0) is 31.9 Å². The molecule has 1 aliphatic rings. The summed E-state index contributed by atoms with van der Waals surface area (Å²) in [5.74, 6) is -0.155. The van der Waals surface area contributed by atoms with Gasteiger partial charge >= 0.3 is 0 Å². The first-order valence-electron chi connectivity index (χ1n) is 7.49. The van der Waals surface area contributed by atoms with Crippen LogP contribution in [0, 0.1) is 13.8 Å². The fraction of sp³-hybridized carbons (Fsp3) is 0.438. The molecule has 3 rings (SSSR count). The molecule has 0 spiro atoms. The number of pyridine rings is 1. The highest BCUT2D eigenvalue weighted by atomic mass is 16.5. The summed E-state index contributed by atoms with van der Waals surface area (Å²) < 4.78 is 5.01. The van der Waals surface area contributed by atoms with Gasteiger partial charge < -0.3 is 20.1 Å². The summed E-state index contributed by atoms with van der Waals surface area (Å²) in [7, 11) is 0. The molecule has 1 amide bonds. The highest BCUT2D eigenvalue weighted by molar-refractivity contribution is 5.96. The number of nitrogens with zero attached hydrogens (tertiary/aromatic N) is 2. The van der Waals surface area contributed by atoms with Gasteiger partial charge in [0.2, 0.25) is 0 Å². The Kier molecular flexibility index (Phi) is 4.14. The summed E-state index contributed by atoms with van der Waals surface area (Å²) >= 11 is 0. The largest absolute Gasteiger partial charge is 0.390 e. The van der Waals surface area contributed by atoms with Crippen molar-refractivity contribution in [1.82, 2.24) is 15.5 Å². The number of hydrogen-bond donors (Lipinski definition) is 3. The van der Waals surface area contributed by atoms with Crippen LogP contribution in [0.4, 0.5) is 0 Å². The number of carbonyl (C=O) groups excluding carboxylic acids is 1. The molecule has 0 bridgehead atoms. The van der Waals surface area contributed by atoms with Gasteiger partial charge in [0.25, 0.3) is 5.91 Å². The SMILES string of the molecule is Cc1noc(C)c1C(=O)N[C@H]1[C@H](O)[C@H](O)C[C@@H]1c1cccnc1. The molecule has 0 radical (unpaired) electrons. The van der Waals surface area contributed by atoms with Crippen molar-refractivity contribution in [2.45, 2.75) is 44.4 Å². The minimum absolute atomic E-state index is 0.210. The third-order valence-electron chi connectivity index (χ3n) is 4.36. The van der Waals surface area contributed by atoms with Crippen LogP contribution in [0.5, 0.6) is 0 Å². The molecule has 7 heteroatoms. The van der Waals surface area contributed by atoms with Gasteiger partial charge in [0.05, 0.1) is 17.8 Å². The monoisotopic (exact) mass is 317 g/mol. The van der Waals surface area contributed by atoms with E-state index in [1.165, 1.54) is 0 Å². The van der Waals surface area contributed by atoms with E-state index in [0.29, 0.717) is 23.4 Å². The Morgan fingerprint density at radius 3 is 2.78 bits per heavy atom. The molecular weight excluding hydrogens is 298 g/mol. The molecule has 0 aliphatic heterocycles. The topological polar surface area (TPSA) is 108 Å². The average Bonchev–Trinajstić information content (AvgIpc) is 3.02. The first kappa shape index (κ1) is 15.6. The molecule has 1 fully saturated rings. The number of rotatable bonds is 3. The molecule has 2 aromatic rings. The Morgan fingerprint density at radius 1 is 1.39 bits per heavy atom. The molecule has 122 valence electrons. The molecule has 7 nitrogen and oxygen atoms in total. The number of aryl methyl sites for hydroxylation is 2. The Hall–Kier alpha value is -2.25. The van der Waals surface area contributed by atoms with Gasteiger partial charge in [0, 0.05) is 18.3 Å². The molecule has 1 saturated carbocycles. The van der Waals surface area contributed by atoms with Gasteiger partial charge in [0.15, 0.2) is 0 Å². The van der Waals surface area contributed by atoms with E-state index in [-0.39, 0.29) is 11.8 Å². The highest BCUT2D eigenvalue weighted by Gasteiger charge is 2.43. The van der Waals surface area contributed by atoms with Crippen LogP contribution >= 0.6 is 0 Å². The lowest BCUT2D eigenvalue weighted by Crippen LogP contribution is -2.45. The number of aromatic nitrogens is 2. The average molecular weight is 317 g/mol. The van der Waals surface area contributed by atoms with Crippen molar-refractivity contribution in [2.75, 3.05) is 0 Å². The van der Waals surface area contributed by atoms with Crippen molar-refractivity contribution in [3.8, 4) is 0 Å². The Labute approximate surface area is 133 Å². The summed E-state index contributed by atoms with van der Waals surface area (Å²) in [5, 5.41) is 26.8. The van der Waals surface area contributed by atoms with Crippen LogP contribution in [0.3, 0.4) is 0 Å². The first-order valence-corrected chi connectivity index (χ1v) is 7.49. The number of carbonyl (C=O) groups is 1. The first-order chi connectivity index (χ1) is 11.0. The Morgan fingerprint density at radius 2 is 2.17 bits per heavy atom. The van der Waals surface area contributed by atoms with Gasteiger partial charge in [-0.1, -0.05) is 11.2 Å². The number of aliphatic hydroxyl groups is 2. The van der Waals surface area contributed by atoms with E-state index in [0.717, 1.165) is 5.56 Å². The predicted octanol–water partition coefficient (Wildman–Crippen LogP) is 0.694. The fourth-order valence-corrected chi connectivity index (χ4v) is 3.18. The second kappa shape index (κ2) is 6.10. The number of hydrogen-bond acceptors (Lipinski definition) is 6. The maximum atomic E-state index is 12.5. The zero-order valence-corrected chi connectivity index (χ0v) is 12.9. The summed E-state index contributed by atoms with van der Waals surface area (Å²) in [6, 6.07) is 3.06. The minimum Gasteiger partial charge on any atom is -0.390 e. The third kappa shape index (κ3) is 2.85. The van der Waals surface area contributed by atoms with Crippen LogP contribution < -0.4 is 5.32 Å². The van der Waals surface area contributed by atoms with Crippen molar-refractivity contribution in [2.24, 2.45) is 0 Å². The van der Waals surface area contributed by atoms with E-state index in [9.17, 15) is 15.0 Å². The molecule has 0 aromatic carbocycles. The number of amides is 1. The Balaban J connectivity index is 1.85. The lowest BCUT2D eigenvalue weighted by Gasteiger charge is -2.23. The minimum atomic E-state index is -1.04. The number of aliphatic hydroxyl groups excluding tert-OH is 2. The van der Waals surface area contributed by atoms with Crippen LogP contribution in [0.1, 0.15) is 39.7 Å². The van der Waals surface area contributed by atoms with Gasteiger partial charge in [-0.3, -0.25) is 9.78 Å². The van der Waals surface area contributed by atoms with Crippen molar-refractivity contribution < 1.29 is 19.5 Å². The quantitative estimate of drug-likeness (QED) is 0.769. The zero-order chi connectivity index (χ0) is 16.6. The highest BCUT2D eigenvalue weighted by Crippen LogP contribution is 2.35. The van der Waals surface area contributed by atoms with Crippen molar-refractivity contribution >= 4 is 5.91 Å². The normalized spacial score (nSPS) is 27.1. The van der Waals surface area contributed by atoms with E-state index in [1.54, 1.807) is 32.3 Å². The lowest BCUT2D eigenvalue weighted by molar-refractivity contribution is 0.0294. The van der Waals surface area contributed by atoms with E-state index < -0.39 is 18.2 Å². The van der Waals surface area contributed by atoms with Gasteiger partial charge in [-0.2, -0.15) is 0 Å². The van der Waals surface area contributed by atoms with Gasteiger partial charge in [0.1, 0.15) is 17.4 Å². The van der Waals surface area contributed by atoms with Crippen LogP contribution in [-0.2, 0) is 0 Å². The Bertz CT molecular complexity index is 681. The smallest absolute Gasteiger partial charge is 0.257 e. The van der Waals surface area contributed by atoms with Crippen LogP contribution in [0.2, 0.25) is 0 Å². The van der Waals surface area contributed by atoms with Crippen molar-refractivity contribution in [1.29, 1.82) is 0 Å². The summed E-state index contributed by atoms with van der Waals surface area (Å²) in [5.41, 5.74) is 1.72. The number of nitrogens with one attached hydrogen (secondary N) is 1. The van der Waals surface area contributed by atoms with Gasteiger partial charge in [-0.15, -0.1) is 0 Å². The van der Waals surface area contributed by atoms with Crippen LogP contribution in [-0.4, -0.2) is 44.5 Å². The molecule has 3 N–H and O–H groups in total. The zero-order valence-electron chi connectivity index (χ0n) is 12.9. The standard InChI is InChI=1S/C16H19N3O4/c1-8-13(9(2)23-19-8)16(22)18-14-11(6-12(20)15(14)21)10-4-3-5-17-7-10/h3-5,7,11-12,14-15,20-21H,6H2,1-2H3,(H,18,22)/t11-,12-,14-,15-/m1/s1. The molecule has 1 aliphatic carbocycles. The second-order valence-electron chi connectivity index (χ2n) is 5.88. The molecule has 2 heterocycles. The second-order valence-corrected chi connectivity index (χ2v) is 5.88. The van der Waals surface area contributed by atoms with E-state index >= 15 is 0 Å². The molecule has 0 unspecified atom stereocenters. The molecule has 0 saturated heterocycles. The fourth-order valence-electron chi connectivity index (χ4n) is 3.18. The summed E-state index contributed by atoms with van der Waals surface area (Å²) in [6.45, 7) is 3.34. The van der Waals surface area contributed by atoms with Gasteiger partial charge in [-0.25, -0.2) is 0 Å². The molecule has 23 heavy (non-hydrogen) atoms. The molecule has 4 atom stereocenters. The maximum absolute atomic E-state index is 12.5. The van der Waals surface area contributed by atoms with E-state index in [4.69, 9.17) is 4.52 Å². The van der Waals surface area contributed by atoms with E-state index in [1.807, 2.05) is 6.07 Å². The maximum Gasteiger partial charge on any atom is 0.257 e. The molecule has 2 aromatic heterocycles. The van der Waals surface area contributed by atoms with Crippen LogP contribution in [0.25, 0.3) is 0 Å². The van der Waals surface area contributed by atoms with Crippen molar-refractivity contribution in [3.05, 3.63) is 47.1 Å². The van der Waals surface area contributed by atoms with Crippen molar-refractivity contribution in [3.63, 3.8) is 0 Å². The third-order valence-corrected chi connectivity index (χ3v) is 4.36. The van der Waals surface area contributed by atoms with E-state index in [2.05, 4.69) is 15.5 Å². The summed E-state index contributed by atoms with van der Waals surface area (Å²) in [4.78, 5) is 16.6.